The molecule has 0 spiro atoms. The van der Waals surface area contributed by atoms with E-state index in [0.717, 1.165) is 27.6 Å². The minimum Gasteiger partial charge on any atom is -0.493 e. The van der Waals surface area contributed by atoms with Crippen molar-refractivity contribution in [3.63, 3.8) is 0 Å². The Morgan fingerprint density at radius 1 is 0.967 bits per heavy atom. The molecule has 0 aromatic heterocycles. The maximum atomic E-state index is 12.3. The minimum atomic E-state index is -0.326. The summed E-state index contributed by atoms with van der Waals surface area (Å²) in [5.41, 5.74) is 4.35. The first-order valence-electron chi connectivity index (χ1n) is 10.1. The van der Waals surface area contributed by atoms with Crippen molar-refractivity contribution in [2.75, 3.05) is 13.2 Å². The van der Waals surface area contributed by atoms with Gasteiger partial charge in [-0.15, -0.1) is 0 Å². The summed E-state index contributed by atoms with van der Waals surface area (Å²) in [6.07, 6.45) is 1.62. The minimum absolute atomic E-state index is 0.0741. The molecule has 5 heteroatoms. The maximum Gasteiger partial charge on any atom is 0.277 e. The number of ether oxygens (including phenoxy) is 2. The number of hydrogen-bond acceptors (Lipinski definition) is 4. The number of para-hydroxylation sites is 1. The Bertz CT molecular complexity index is 1050. The van der Waals surface area contributed by atoms with E-state index in [1.165, 1.54) is 0 Å². The molecule has 0 aliphatic carbocycles. The molecule has 0 radical (unpaired) electrons. The van der Waals surface area contributed by atoms with Crippen molar-refractivity contribution in [3.05, 3.63) is 71.8 Å². The first kappa shape index (κ1) is 21.4. The summed E-state index contributed by atoms with van der Waals surface area (Å²) in [6.45, 7) is 8.70. The number of benzene rings is 3. The Morgan fingerprint density at radius 2 is 1.70 bits per heavy atom. The van der Waals surface area contributed by atoms with Gasteiger partial charge >= 0.3 is 0 Å². The van der Waals surface area contributed by atoms with Gasteiger partial charge in [0, 0.05) is 5.56 Å². The highest BCUT2D eigenvalue weighted by Gasteiger charge is 2.18. The largest absolute Gasteiger partial charge is 0.493 e. The molecule has 0 aliphatic heterocycles. The summed E-state index contributed by atoms with van der Waals surface area (Å²) in [5.74, 6) is 1.11. The third-order valence-corrected chi connectivity index (χ3v) is 4.67. The first-order valence-corrected chi connectivity index (χ1v) is 10.1. The van der Waals surface area contributed by atoms with Crippen LogP contribution < -0.4 is 14.9 Å². The predicted octanol–water partition coefficient (Wildman–Crippen LogP) is 5.07. The number of nitrogens with one attached hydrogen (secondary N) is 1. The molecule has 0 fully saturated rings. The van der Waals surface area contributed by atoms with Gasteiger partial charge in [0.1, 0.15) is 11.5 Å². The Hall–Kier alpha value is -3.34. The van der Waals surface area contributed by atoms with Gasteiger partial charge in [-0.1, -0.05) is 69.3 Å². The second-order valence-electron chi connectivity index (χ2n) is 7.96. The highest BCUT2D eigenvalue weighted by Crippen LogP contribution is 2.31. The number of carbonyl (C=O) groups excluding carboxylic acids is 1. The van der Waals surface area contributed by atoms with Crippen LogP contribution in [-0.2, 0) is 10.2 Å². The van der Waals surface area contributed by atoms with Crippen LogP contribution in [0.2, 0.25) is 0 Å². The molecular weight excluding hydrogens is 376 g/mol. The summed E-state index contributed by atoms with van der Waals surface area (Å²) in [5, 5.41) is 6.22. The molecule has 0 heterocycles. The van der Waals surface area contributed by atoms with E-state index in [9.17, 15) is 4.79 Å². The van der Waals surface area contributed by atoms with E-state index >= 15 is 0 Å². The smallest absolute Gasteiger partial charge is 0.277 e. The second-order valence-corrected chi connectivity index (χ2v) is 7.96. The van der Waals surface area contributed by atoms with Gasteiger partial charge in [0.2, 0.25) is 0 Å². The summed E-state index contributed by atoms with van der Waals surface area (Å²) in [4.78, 5) is 12.3. The standard InChI is InChI=1S/C25H28N2O3/c1-5-29-22-15-14-18-10-6-7-11-19(18)20(22)16-26-27-24(28)17-30-23-13-9-8-12-21(23)25(2,3)4/h6-16H,5,17H2,1-4H3,(H,27,28)/b26-16+. The lowest BCUT2D eigenvalue weighted by Gasteiger charge is -2.22. The molecule has 3 rings (SSSR count). The molecule has 0 saturated carbocycles. The molecule has 5 nitrogen and oxygen atoms in total. The van der Waals surface area contributed by atoms with Crippen LogP contribution in [0.3, 0.4) is 0 Å². The molecule has 0 aliphatic rings. The molecule has 1 amide bonds. The Kier molecular flexibility index (Phi) is 6.72. The van der Waals surface area contributed by atoms with Crippen molar-refractivity contribution in [1.82, 2.24) is 5.43 Å². The SMILES string of the molecule is CCOc1ccc2ccccc2c1/C=N/NC(=O)COc1ccccc1C(C)(C)C. The Morgan fingerprint density at radius 3 is 2.47 bits per heavy atom. The van der Waals surface area contributed by atoms with E-state index in [0.29, 0.717) is 12.4 Å². The number of hydrogen-bond donors (Lipinski definition) is 1. The number of fused-ring (bicyclic) bond motifs is 1. The van der Waals surface area contributed by atoms with Crippen LogP contribution in [-0.4, -0.2) is 25.3 Å². The van der Waals surface area contributed by atoms with Crippen LogP contribution in [0, 0.1) is 0 Å². The van der Waals surface area contributed by atoms with E-state index in [1.807, 2.05) is 67.6 Å². The average molecular weight is 405 g/mol. The van der Waals surface area contributed by atoms with Gasteiger partial charge in [0.05, 0.1) is 12.8 Å². The maximum absolute atomic E-state index is 12.3. The number of hydrazone groups is 1. The molecule has 0 bridgehead atoms. The number of amides is 1. The molecular formula is C25H28N2O3. The number of carbonyl (C=O) groups is 1. The zero-order chi connectivity index (χ0) is 21.6. The van der Waals surface area contributed by atoms with Crippen molar-refractivity contribution in [2.45, 2.75) is 33.1 Å². The van der Waals surface area contributed by atoms with Crippen LogP contribution in [0.25, 0.3) is 10.8 Å². The van der Waals surface area contributed by atoms with Crippen molar-refractivity contribution in [3.8, 4) is 11.5 Å². The number of rotatable bonds is 7. The third-order valence-electron chi connectivity index (χ3n) is 4.67. The van der Waals surface area contributed by atoms with Crippen LogP contribution in [0.4, 0.5) is 0 Å². The lowest BCUT2D eigenvalue weighted by molar-refractivity contribution is -0.123. The van der Waals surface area contributed by atoms with Gasteiger partial charge in [-0.3, -0.25) is 4.79 Å². The van der Waals surface area contributed by atoms with E-state index in [2.05, 4.69) is 31.3 Å². The molecule has 0 unspecified atom stereocenters. The van der Waals surface area contributed by atoms with Gasteiger partial charge in [0.25, 0.3) is 5.91 Å². The predicted molar refractivity (Wildman–Crippen MR) is 121 cm³/mol. The molecule has 0 saturated heterocycles. The fourth-order valence-electron chi connectivity index (χ4n) is 3.25. The zero-order valence-corrected chi connectivity index (χ0v) is 17.9. The van der Waals surface area contributed by atoms with E-state index in [-0.39, 0.29) is 17.9 Å². The normalized spacial score (nSPS) is 11.6. The summed E-state index contributed by atoms with van der Waals surface area (Å²) < 4.78 is 11.5. The molecule has 1 N–H and O–H groups in total. The van der Waals surface area contributed by atoms with Crippen LogP contribution in [0.5, 0.6) is 11.5 Å². The monoisotopic (exact) mass is 404 g/mol. The average Bonchev–Trinajstić information content (AvgIpc) is 2.73. The van der Waals surface area contributed by atoms with Gasteiger partial charge in [0.15, 0.2) is 6.61 Å². The van der Waals surface area contributed by atoms with Crippen molar-refractivity contribution in [2.24, 2.45) is 5.10 Å². The van der Waals surface area contributed by atoms with Crippen LogP contribution in [0.15, 0.2) is 65.8 Å². The van der Waals surface area contributed by atoms with Crippen molar-refractivity contribution in [1.29, 1.82) is 0 Å². The van der Waals surface area contributed by atoms with Crippen LogP contribution >= 0.6 is 0 Å². The fraction of sp³-hybridized carbons (Fsp3) is 0.280. The topological polar surface area (TPSA) is 59.9 Å². The van der Waals surface area contributed by atoms with Gasteiger partial charge in [-0.25, -0.2) is 5.43 Å². The van der Waals surface area contributed by atoms with Gasteiger partial charge < -0.3 is 9.47 Å². The highest BCUT2D eigenvalue weighted by atomic mass is 16.5. The summed E-state index contributed by atoms with van der Waals surface area (Å²) >= 11 is 0. The lowest BCUT2D eigenvalue weighted by atomic mass is 9.86. The Labute approximate surface area is 177 Å². The molecule has 0 atom stereocenters. The van der Waals surface area contributed by atoms with Crippen molar-refractivity contribution < 1.29 is 14.3 Å². The second kappa shape index (κ2) is 9.44. The van der Waals surface area contributed by atoms with Crippen molar-refractivity contribution >= 4 is 22.9 Å². The summed E-state index contributed by atoms with van der Waals surface area (Å²) in [6, 6.07) is 19.7. The Balaban J connectivity index is 1.69. The molecule has 3 aromatic carbocycles. The number of nitrogens with zero attached hydrogens (tertiary/aromatic N) is 1. The van der Waals surface area contributed by atoms with E-state index in [4.69, 9.17) is 9.47 Å². The quantitative estimate of drug-likeness (QED) is 0.442. The fourth-order valence-corrected chi connectivity index (χ4v) is 3.25. The molecule has 156 valence electrons. The van der Waals surface area contributed by atoms with Gasteiger partial charge in [-0.2, -0.15) is 5.10 Å². The first-order chi connectivity index (χ1) is 14.4. The molecule has 30 heavy (non-hydrogen) atoms. The zero-order valence-electron chi connectivity index (χ0n) is 17.9. The van der Waals surface area contributed by atoms with Gasteiger partial charge in [-0.05, 0) is 40.8 Å². The van der Waals surface area contributed by atoms with E-state index < -0.39 is 0 Å². The third kappa shape index (κ3) is 5.17. The van der Waals surface area contributed by atoms with Crippen LogP contribution in [0.1, 0.15) is 38.8 Å². The van der Waals surface area contributed by atoms with E-state index in [1.54, 1.807) is 6.21 Å². The summed E-state index contributed by atoms with van der Waals surface area (Å²) in [7, 11) is 0. The molecule has 3 aromatic rings. The lowest BCUT2D eigenvalue weighted by Crippen LogP contribution is -2.25. The highest BCUT2D eigenvalue weighted by molar-refractivity contribution is 6.02.